The van der Waals surface area contributed by atoms with Crippen molar-refractivity contribution in [3.8, 4) is 0 Å². The highest BCUT2D eigenvalue weighted by Crippen LogP contribution is 2.29. The summed E-state index contributed by atoms with van der Waals surface area (Å²) in [5.74, 6) is -0.452. The Labute approximate surface area is 216 Å². The van der Waals surface area contributed by atoms with Gasteiger partial charge in [0.05, 0.1) is 0 Å². The number of allylic oxidation sites excluding steroid dienone is 2. The van der Waals surface area contributed by atoms with Crippen LogP contribution in [0, 0.1) is 17.8 Å². The Bertz CT molecular complexity index is 813. The molecular formula is C28H46N2O6. The lowest BCUT2D eigenvalue weighted by Crippen LogP contribution is -2.50. The van der Waals surface area contributed by atoms with Gasteiger partial charge < -0.3 is 29.5 Å². The summed E-state index contributed by atoms with van der Waals surface area (Å²) in [5.41, 5.74) is -0.413. The van der Waals surface area contributed by atoms with Crippen molar-refractivity contribution >= 4 is 12.1 Å². The quantitative estimate of drug-likeness (QED) is 0.334. The molecule has 0 aliphatic carbocycles. The molecule has 204 valence electrons. The third-order valence-electron chi connectivity index (χ3n) is 7.12. The first kappa shape index (κ1) is 30.1. The van der Waals surface area contributed by atoms with Crippen LogP contribution in [0.5, 0.6) is 0 Å². The fraction of sp³-hybridized carbons (Fsp3) is 0.714. The number of hydrogen-bond acceptors (Lipinski definition) is 7. The first-order chi connectivity index (χ1) is 16.9. The molecule has 2 heterocycles. The number of aliphatic hydroxyl groups is 2. The Balaban J connectivity index is 2.29. The minimum Gasteiger partial charge on any atom is -0.457 e. The van der Waals surface area contributed by atoms with Crippen molar-refractivity contribution in [1.82, 2.24) is 9.80 Å². The van der Waals surface area contributed by atoms with Crippen LogP contribution in [0.25, 0.3) is 0 Å². The van der Waals surface area contributed by atoms with Gasteiger partial charge in [0.15, 0.2) is 6.10 Å². The van der Waals surface area contributed by atoms with Crippen LogP contribution in [0.2, 0.25) is 0 Å². The molecule has 0 aromatic heterocycles. The molecule has 0 bridgehead atoms. The molecule has 36 heavy (non-hydrogen) atoms. The van der Waals surface area contributed by atoms with E-state index in [1.54, 1.807) is 17.9 Å². The normalized spacial score (nSPS) is 33.4. The molecule has 1 saturated heterocycles. The number of esters is 1. The molecule has 2 aliphatic heterocycles. The minimum absolute atomic E-state index is 0.00639. The molecule has 0 saturated carbocycles. The highest BCUT2D eigenvalue weighted by molar-refractivity contribution is 5.70. The molecule has 2 N–H and O–H groups in total. The minimum atomic E-state index is -1.28. The van der Waals surface area contributed by atoms with Gasteiger partial charge in [-0.2, -0.15) is 0 Å². The van der Waals surface area contributed by atoms with E-state index in [1.165, 1.54) is 0 Å². The second-order valence-corrected chi connectivity index (χ2v) is 10.9. The largest absolute Gasteiger partial charge is 0.457 e. The number of nitrogens with zero attached hydrogens (tertiary/aromatic N) is 2. The van der Waals surface area contributed by atoms with E-state index < -0.39 is 23.9 Å². The van der Waals surface area contributed by atoms with Crippen molar-refractivity contribution in [3.05, 3.63) is 36.0 Å². The SMILES string of the molecule is C/C(=C\C=C\[C@@H](C)CO)[C@H]1OC(=O)C[C@H](C)CC[C@@](C)(O)[C@@H](OC(=O)N2CCN(C)CC2)/C=C/[C@@H]1C. The lowest BCUT2D eigenvalue weighted by Gasteiger charge is -2.36. The van der Waals surface area contributed by atoms with Crippen LogP contribution in [-0.2, 0) is 14.3 Å². The monoisotopic (exact) mass is 506 g/mol. The molecule has 2 rings (SSSR count). The standard InChI is InChI=1S/C28H46N2O6/c1-20-12-13-28(5,34)24(35-27(33)30-16-14-29(6)15-17-30)11-10-23(4)26(36-25(32)18-20)22(3)9-7-8-21(2)19-31/h7-11,20-21,23-24,26,31,34H,12-19H2,1-6H3/b8-7+,11-10+,22-9+/t20-,21-,23+,24+,26-,28-/m1/s1. The number of amides is 1. The van der Waals surface area contributed by atoms with E-state index in [2.05, 4.69) is 4.90 Å². The molecule has 0 unspecified atom stereocenters. The van der Waals surface area contributed by atoms with Gasteiger partial charge in [-0.1, -0.05) is 45.1 Å². The maximum atomic E-state index is 12.9. The van der Waals surface area contributed by atoms with Crippen LogP contribution >= 0.6 is 0 Å². The highest BCUT2D eigenvalue weighted by atomic mass is 16.6. The Kier molecular flexibility index (Phi) is 11.7. The fourth-order valence-electron chi connectivity index (χ4n) is 4.35. The van der Waals surface area contributed by atoms with Gasteiger partial charge in [0.2, 0.25) is 0 Å². The van der Waals surface area contributed by atoms with Crippen LogP contribution in [0.15, 0.2) is 36.0 Å². The number of carbonyl (C=O) groups excluding carboxylic acids is 2. The van der Waals surface area contributed by atoms with Crippen molar-refractivity contribution in [2.75, 3.05) is 39.8 Å². The smallest absolute Gasteiger partial charge is 0.410 e. The molecule has 1 amide bonds. The van der Waals surface area contributed by atoms with E-state index in [1.807, 2.05) is 59.0 Å². The Morgan fingerprint density at radius 1 is 1.28 bits per heavy atom. The summed E-state index contributed by atoms with van der Waals surface area (Å²) < 4.78 is 11.8. The molecule has 0 aromatic rings. The van der Waals surface area contributed by atoms with Gasteiger partial charge in [0.1, 0.15) is 11.7 Å². The van der Waals surface area contributed by atoms with Crippen LogP contribution in [0.4, 0.5) is 4.79 Å². The maximum absolute atomic E-state index is 12.9. The van der Waals surface area contributed by atoms with Crippen molar-refractivity contribution in [2.45, 2.75) is 71.7 Å². The molecular weight excluding hydrogens is 460 g/mol. The zero-order valence-electron chi connectivity index (χ0n) is 22.9. The zero-order chi connectivity index (χ0) is 26.9. The van der Waals surface area contributed by atoms with Crippen LogP contribution in [-0.4, -0.2) is 89.7 Å². The third kappa shape index (κ3) is 9.37. The van der Waals surface area contributed by atoms with E-state index in [-0.39, 0.29) is 36.8 Å². The van der Waals surface area contributed by atoms with Gasteiger partial charge in [0, 0.05) is 45.1 Å². The molecule has 1 fully saturated rings. The first-order valence-corrected chi connectivity index (χ1v) is 13.1. The highest BCUT2D eigenvalue weighted by Gasteiger charge is 2.36. The summed E-state index contributed by atoms with van der Waals surface area (Å²) in [7, 11) is 2.02. The zero-order valence-corrected chi connectivity index (χ0v) is 22.9. The molecule has 0 radical (unpaired) electrons. The lowest BCUT2D eigenvalue weighted by molar-refractivity contribution is -0.150. The fourth-order valence-corrected chi connectivity index (χ4v) is 4.35. The van der Waals surface area contributed by atoms with E-state index in [9.17, 15) is 19.8 Å². The van der Waals surface area contributed by atoms with Crippen LogP contribution in [0.3, 0.4) is 0 Å². The van der Waals surface area contributed by atoms with E-state index in [0.717, 1.165) is 18.7 Å². The molecule has 8 heteroatoms. The summed E-state index contributed by atoms with van der Waals surface area (Å²) in [4.78, 5) is 29.5. The van der Waals surface area contributed by atoms with E-state index >= 15 is 0 Å². The average molecular weight is 507 g/mol. The number of likely N-dealkylation sites (N-methyl/N-ethyl adjacent to an activating group) is 1. The topological polar surface area (TPSA) is 99.5 Å². The van der Waals surface area contributed by atoms with Gasteiger partial charge in [-0.25, -0.2) is 4.79 Å². The van der Waals surface area contributed by atoms with Crippen LogP contribution < -0.4 is 0 Å². The van der Waals surface area contributed by atoms with Crippen molar-refractivity contribution < 1.29 is 29.3 Å². The second kappa shape index (κ2) is 14.0. The molecule has 0 spiro atoms. The number of piperazine rings is 1. The number of cyclic esters (lactones) is 1. The van der Waals surface area contributed by atoms with Crippen molar-refractivity contribution in [1.29, 1.82) is 0 Å². The number of rotatable bonds is 5. The van der Waals surface area contributed by atoms with Crippen molar-refractivity contribution in [2.24, 2.45) is 17.8 Å². The van der Waals surface area contributed by atoms with Crippen LogP contribution in [0.1, 0.15) is 53.9 Å². The first-order valence-electron chi connectivity index (χ1n) is 13.1. The Hall–Kier alpha value is -2.16. The van der Waals surface area contributed by atoms with Crippen molar-refractivity contribution in [3.63, 3.8) is 0 Å². The van der Waals surface area contributed by atoms with Gasteiger partial charge in [-0.15, -0.1) is 0 Å². The predicted molar refractivity (Wildman–Crippen MR) is 140 cm³/mol. The summed E-state index contributed by atoms with van der Waals surface area (Å²) in [5, 5.41) is 20.6. The van der Waals surface area contributed by atoms with Gasteiger partial charge in [0.25, 0.3) is 0 Å². The number of aliphatic hydroxyl groups excluding tert-OH is 1. The van der Waals surface area contributed by atoms with E-state index in [4.69, 9.17) is 9.47 Å². The summed E-state index contributed by atoms with van der Waals surface area (Å²) in [6.45, 7) is 12.2. The second-order valence-electron chi connectivity index (χ2n) is 10.9. The summed E-state index contributed by atoms with van der Waals surface area (Å²) in [6.07, 6.45) is 8.72. The number of hydrogen-bond donors (Lipinski definition) is 2. The lowest BCUT2D eigenvalue weighted by atomic mass is 9.87. The number of carbonyl (C=O) groups is 2. The summed E-state index contributed by atoms with van der Waals surface area (Å²) >= 11 is 0. The predicted octanol–water partition coefficient (Wildman–Crippen LogP) is 3.55. The van der Waals surface area contributed by atoms with E-state index in [0.29, 0.717) is 25.9 Å². The van der Waals surface area contributed by atoms with Gasteiger partial charge >= 0.3 is 12.1 Å². The Morgan fingerprint density at radius 3 is 2.58 bits per heavy atom. The molecule has 0 aromatic carbocycles. The van der Waals surface area contributed by atoms with Gasteiger partial charge in [-0.3, -0.25) is 4.79 Å². The average Bonchev–Trinajstić information content (AvgIpc) is 2.83. The Morgan fingerprint density at radius 2 is 1.94 bits per heavy atom. The van der Waals surface area contributed by atoms with Gasteiger partial charge in [-0.05, 0) is 57.2 Å². The molecule has 8 nitrogen and oxygen atoms in total. The molecule has 2 aliphatic rings. The molecule has 6 atom stereocenters. The summed E-state index contributed by atoms with van der Waals surface area (Å²) in [6, 6.07) is 0. The maximum Gasteiger partial charge on any atom is 0.410 e. The number of ether oxygens (including phenoxy) is 2. The third-order valence-corrected chi connectivity index (χ3v) is 7.12.